The summed E-state index contributed by atoms with van der Waals surface area (Å²) in [6, 6.07) is 13.7. The Morgan fingerprint density at radius 3 is 2.41 bits per heavy atom. The van der Waals surface area contributed by atoms with Crippen LogP contribution < -0.4 is 15.4 Å². The molecule has 1 aliphatic carbocycles. The van der Waals surface area contributed by atoms with Crippen molar-refractivity contribution in [1.82, 2.24) is 10.6 Å². The summed E-state index contributed by atoms with van der Waals surface area (Å²) < 4.78 is 29.3. The first-order chi connectivity index (χ1) is 14.8. The third-order valence-electron chi connectivity index (χ3n) is 6.16. The number of halogens is 1. The first kappa shape index (κ1) is 26.4. The second-order valence-corrected chi connectivity index (χ2v) is 10.3. The highest BCUT2D eigenvalue weighted by atomic mass is 127. The average molecular weight is 572 g/mol. The van der Waals surface area contributed by atoms with Gasteiger partial charge in [0.15, 0.2) is 15.8 Å². The highest BCUT2D eigenvalue weighted by Gasteiger charge is 2.37. The molecule has 32 heavy (non-hydrogen) atoms. The Labute approximate surface area is 209 Å². The number of hydrogen-bond acceptors (Lipinski definition) is 4. The molecule has 0 bridgehead atoms. The van der Waals surface area contributed by atoms with E-state index in [0.717, 1.165) is 42.2 Å². The van der Waals surface area contributed by atoms with Gasteiger partial charge in [0.05, 0.1) is 12.0 Å². The van der Waals surface area contributed by atoms with Crippen LogP contribution in [0.1, 0.15) is 42.4 Å². The minimum atomic E-state index is -3.21. The molecule has 1 fully saturated rings. The standard InChI is InChI=1S/C24H33N3O3S.HI/c1-18-15-19(11-12-22(18)31(4,28)29)16-26-23(25-2)27-17-24(13-7-8-14-24)20-9-5-6-10-21(20)30-3;/h5-6,9-12,15H,7-8,13-14,16-17H2,1-4H3,(H2,25,26,27);1H. The Kier molecular flexibility index (Phi) is 9.39. The SMILES string of the molecule is CN=C(NCc1ccc(S(C)(=O)=O)c(C)c1)NCC1(c2ccccc2OC)CCCC1.I. The third-order valence-corrected chi connectivity index (χ3v) is 7.41. The van der Waals surface area contributed by atoms with Gasteiger partial charge in [-0.3, -0.25) is 4.99 Å². The molecule has 0 radical (unpaired) electrons. The second-order valence-electron chi connectivity index (χ2n) is 8.34. The molecule has 0 heterocycles. The summed E-state index contributed by atoms with van der Waals surface area (Å²) in [5.41, 5.74) is 3.04. The van der Waals surface area contributed by atoms with Crippen LogP contribution in [0.25, 0.3) is 0 Å². The molecule has 0 saturated heterocycles. The summed E-state index contributed by atoms with van der Waals surface area (Å²) in [6.45, 7) is 3.16. The third kappa shape index (κ3) is 6.15. The van der Waals surface area contributed by atoms with E-state index in [1.54, 1.807) is 20.2 Å². The number of benzene rings is 2. The van der Waals surface area contributed by atoms with Crippen LogP contribution in [0.15, 0.2) is 52.4 Å². The molecule has 0 unspecified atom stereocenters. The van der Waals surface area contributed by atoms with Crippen LogP contribution in [-0.2, 0) is 21.8 Å². The first-order valence-corrected chi connectivity index (χ1v) is 12.6. The lowest BCUT2D eigenvalue weighted by atomic mass is 9.78. The zero-order valence-electron chi connectivity index (χ0n) is 19.3. The number of sulfone groups is 1. The van der Waals surface area contributed by atoms with Gasteiger partial charge in [-0.2, -0.15) is 0 Å². The van der Waals surface area contributed by atoms with Crippen LogP contribution in [0.5, 0.6) is 5.75 Å². The molecule has 0 aliphatic heterocycles. The maximum absolute atomic E-state index is 11.8. The maximum Gasteiger partial charge on any atom is 0.191 e. The summed E-state index contributed by atoms with van der Waals surface area (Å²) in [5.74, 6) is 1.67. The molecular weight excluding hydrogens is 537 g/mol. The number of guanidine groups is 1. The van der Waals surface area contributed by atoms with E-state index in [1.165, 1.54) is 24.7 Å². The highest BCUT2D eigenvalue weighted by Crippen LogP contribution is 2.44. The van der Waals surface area contributed by atoms with Crippen molar-refractivity contribution in [2.45, 2.75) is 49.5 Å². The van der Waals surface area contributed by atoms with Crippen molar-refractivity contribution < 1.29 is 13.2 Å². The fraction of sp³-hybridized carbons (Fsp3) is 0.458. The summed E-state index contributed by atoms with van der Waals surface area (Å²) in [6.07, 6.45) is 5.88. The smallest absolute Gasteiger partial charge is 0.191 e. The van der Waals surface area contributed by atoms with Gasteiger partial charge in [0.25, 0.3) is 0 Å². The van der Waals surface area contributed by atoms with Crippen LogP contribution in [-0.4, -0.2) is 41.3 Å². The Hall–Kier alpha value is -1.81. The predicted molar refractivity (Wildman–Crippen MR) is 141 cm³/mol. The number of aryl methyl sites for hydroxylation is 1. The van der Waals surface area contributed by atoms with Crippen molar-refractivity contribution in [1.29, 1.82) is 0 Å². The van der Waals surface area contributed by atoms with Crippen LogP contribution >= 0.6 is 24.0 Å². The van der Waals surface area contributed by atoms with Crippen molar-refractivity contribution in [2.75, 3.05) is 27.0 Å². The number of methoxy groups -OCH3 is 1. The summed E-state index contributed by atoms with van der Waals surface area (Å²) >= 11 is 0. The van der Waals surface area contributed by atoms with Crippen molar-refractivity contribution in [3.05, 3.63) is 59.2 Å². The number of nitrogens with zero attached hydrogens (tertiary/aromatic N) is 1. The molecular formula is C24H34IN3O3S. The normalized spacial score (nSPS) is 15.7. The average Bonchev–Trinajstić information content (AvgIpc) is 3.23. The topological polar surface area (TPSA) is 79.8 Å². The van der Waals surface area contributed by atoms with Crippen molar-refractivity contribution in [3.63, 3.8) is 0 Å². The summed E-state index contributed by atoms with van der Waals surface area (Å²) in [5, 5.41) is 6.86. The van der Waals surface area contributed by atoms with Gasteiger partial charge in [-0.25, -0.2) is 8.42 Å². The van der Waals surface area contributed by atoms with E-state index >= 15 is 0 Å². The number of hydrogen-bond donors (Lipinski definition) is 2. The molecule has 2 aromatic rings. The Morgan fingerprint density at radius 1 is 1.12 bits per heavy atom. The van der Waals surface area contributed by atoms with Crippen molar-refractivity contribution >= 4 is 39.8 Å². The van der Waals surface area contributed by atoms with Crippen molar-refractivity contribution in [2.24, 2.45) is 4.99 Å². The van der Waals surface area contributed by atoms with Gasteiger partial charge in [-0.05, 0) is 43.0 Å². The number of aliphatic imine (C=N–C) groups is 1. The molecule has 6 nitrogen and oxygen atoms in total. The van der Waals surface area contributed by atoms with E-state index in [-0.39, 0.29) is 29.4 Å². The van der Waals surface area contributed by atoms with E-state index in [4.69, 9.17) is 4.74 Å². The fourth-order valence-electron chi connectivity index (χ4n) is 4.57. The van der Waals surface area contributed by atoms with Crippen LogP contribution in [0.2, 0.25) is 0 Å². The van der Waals surface area contributed by atoms with Crippen LogP contribution in [0.4, 0.5) is 0 Å². The fourth-order valence-corrected chi connectivity index (χ4v) is 5.53. The molecule has 1 saturated carbocycles. The molecule has 3 rings (SSSR count). The van der Waals surface area contributed by atoms with E-state index in [2.05, 4.69) is 27.8 Å². The largest absolute Gasteiger partial charge is 0.496 e. The van der Waals surface area contributed by atoms with Gasteiger partial charge in [0.1, 0.15) is 5.75 Å². The molecule has 8 heteroatoms. The first-order valence-electron chi connectivity index (χ1n) is 10.7. The number of para-hydroxylation sites is 1. The van der Waals surface area contributed by atoms with E-state index in [1.807, 2.05) is 31.2 Å². The van der Waals surface area contributed by atoms with E-state index in [0.29, 0.717) is 11.4 Å². The monoisotopic (exact) mass is 571 g/mol. The van der Waals surface area contributed by atoms with Gasteiger partial charge in [-0.1, -0.05) is 43.2 Å². The van der Waals surface area contributed by atoms with Crippen LogP contribution in [0, 0.1) is 6.92 Å². The quantitative estimate of drug-likeness (QED) is 0.296. The number of rotatable bonds is 7. The van der Waals surface area contributed by atoms with Crippen molar-refractivity contribution in [3.8, 4) is 5.75 Å². The molecule has 1 aliphatic rings. The lowest BCUT2D eigenvalue weighted by molar-refractivity contribution is 0.371. The molecule has 0 aromatic heterocycles. The molecule has 2 N–H and O–H groups in total. The second kappa shape index (κ2) is 11.4. The molecule has 2 aromatic carbocycles. The number of ether oxygens (including phenoxy) is 1. The molecule has 176 valence electrons. The maximum atomic E-state index is 11.8. The minimum Gasteiger partial charge on any atom is -0.496 e. The zero-order valence-corrected chi connectivity index (χ0v) is 22.4. The molecule has 0 atom stereocenters. The Balaban J connectivity index is 0.00000363. The Morgan fingerprint density at radius 2 is 1.81 bits per heavy atom. The van der Waals surface area contributed by atoms with E-state index in [9.17, 15) is 8.42 Å². The number of nitrogens with one attached hydrogen (secondary N) is 2. The van der Waals surface area contributed by atoms with Gasteiger partial charge >= 0.3 is 0 Å². The zero-order chi connectivity index (χ0) is 22.5. The lowest BCUT2D eigenvalue weighted by Gasteiger charge is -2.32. The van der Waals surface area contributed by atoms with Gasteiger partial charge in [0.2, 0.25) is 0 Å². The predicted octanol–water partition coefficient (Wildman–Crippen LogP) is 4.20. The van der Waals surface area contributed by atoms with Gasteiger partial charge in [0, 0.05) is 37.4 Å². The summed E-state index contributed by atoms with van der Waals surface area (Å²) in [4.78, 5) is 4.75. The summed E-state index contributed by atoms with van der Waals surface area (Å²) in [7, 11) is 0.280. The minimum absolute atomic E-state index is 0. The Bertz CT molecular complexity index is 1050. The van der Waals surface area contributed by atoms with Crippen LogP contribution in [0.3, 0.4) is 0 Å². The molecule has 0 spiro atoms. The van der Waals surface area contributed by atoms with Gasteiger partial charge < -0.3 is 15.4 Å². The highest BCUT2D eigenvalue weighted by molar-refractivity contribution is 14.0. The van der Waals surface area contributed by atoms with E-state index < -0.39 is 9.84 Å². The lowest BCUT2D eigenvalue weighted by Crippen LogP contribution is -2.44. The van der Waals surface area contributed by atoms with Gasteiger partial charge in [-0.15, -0.1) is 24.0 Å². The molecule has 0 amide bonds.